The highest BCUT2D eigenvalue weighted by Gasteiger charge is 2.24. The fraction of sp³-hybridized carbons (Fsp3) is 0.0303. The Bertz CT molecular complexity index is 2350. The number of fused-ring (bicyclic) bond motifs is 4. The van der Waals surface area contributed by atoms with Crippen molar-refractivity contribution in [2.75, 3.05) is 0 Å². The highest BCUT2D eigenvalue weighted by atomic mass is 127. The molecular weight excluding hydrogens is 679 g/mol. The summed E-state index contributed by atoms with van der Waals surface area (Å²) < 4.78 is 12.5. The van der Waals surface area contributed by atoms with E-state index in [-0.39, 0.29) is 11.8 Å². The Balaban J connectivity index is 1.37. The van der Waals surface area contributed by atoms with Gasteiger partial charge in [-0.25, -0.2) is 19.6 Å². The SMILES string of the molecule is O=c1oc(-c2[nH]c3ccccc3c2Cc2c(-c3nc4cc(I)ccc4c(=O)o3)[nH]c3ccccc23)nc2cc(Cl)ccc12. The molecule has 8 nitrogen and oxygen atoms in total. The molecule has 0 amide bonds. The summed E-state index contributed by atoms with van der Waals surface area (Å²) >= 11 is 8.42. The molecule has 0 fully saturated rings. The maximum atomic E-state index is 13.0. The molecule has 4 aromatic carbocycles. The fourth-order valence-corrected chi connectivity index (χ4v) is 6.25. The Hall–Kier alpha value is -4.74. The van der Waals surface area contributed by atoms with Gasteiger partial charge in [-0.15, -0.1) is 0 Å². The van der Waals surface area contributed by atoms with E-state index < -0.39 is 11.3 Å². The standard InChI is InChI=1S/C33H18ClIN4O4/c34-16-9-11-20-26(13-16)38-30(42-32(20)40)28-22(18-5-1-3-7-24(18)36-28)15-23-19-6-2-4-8-25(19)37-29(23)31-39-27-14-17(35)10-12-21(27)33(41)43-31/h1-14,36-37H,15H2. The first-order valence-corrected chi connectivity index (χ1v) is 14.8. The van der Waals surface area contributed by atoms with E-state index in [9.17, 15) is 9.59 Å². The molecule has 0 aliphatic carbocycles. The zero-order valence-electron chi connectivity index (χ0n) is 22.1. The van der Waals surface area contributed by atoms with E-state index in [4.69, 9.17) is 25.4 Å². The van der Waals surface area contributed by atoms with Gasteiger partial charge in [0.2, 0.25) is 11.8 Å². The van der Waals surface area contributed by atoms with Gasteiger partial charge in [0.1, 0.15) is 11.4 Å². The van der Waals surface area contributed by atoms with Crippen molar-refractivity contribution in [3.05, 3.63) is 125 Å². The normalized spacial score (nSPS) is 11.8. The van der Waals surface area contributed by atoms with Crippen LogP contribution >= 0.6 is 34.2 Å². The predicted octanol–water partition coefficient (Wildman–Crippen LogP) is 7.83. The van der Waals surface area contributed by atoms with Gasteiger partial charge in [0, 0.05) is 36.8 Å². The van der Waals surface area contributed by atoms with E-state index in [0.29, 0.717) is 44.6 Å². The number of nitrogens with one attached hydrogen (secondary N) is 2. The molecule has 0 atom stereocenters. The number of aromatic nitrogens is 4. The first-order chi connectivity index (χ1) is 20.9. The third kappa shape index (κ3) is 4.34. The van der Waals surface area contributed by atoms with Gasteiger partial charge in [0.15, 0.2) is 0 Å². The smallest absolute Gasteiger partial charge is 0.347 e. The molecule has 2 N–H and O–H groups in total. The van der Waals surface area contributed by atoms with Gasteiger partial charge in [-0.2, -0.15) is 0 Å². The van der Waals surface area contributed by atoms with Gasteiger partial charge >= 0.3 is 11.3 Å². The number of halogens is 2. The summed E-state index contributed by atoms with van der Waals surface area (Å²) in [6.07, 6.45) is 0.382. The van der Waals surface area contributed by atoms with Gasteiger partial charge in [-0.1, -0.05) is 48.0 Å². The van der Waals surface area contributed by atoms with Crippen LogP contribution in [0, 0.1) is 3.57 Å². The number of nitrogens with zero attached hydrogens (tertiary/aromatic N) is 2. The molecule has 0 unspecified atom stereocenters. The van der Waals surface area contributed by atoms with E-state index >= 15 is 0 Å². The van der Waals surface area contributed by atoms with E-state index in [0.717, 1.165) is 36.5 Å². The topological polar surface area (TPSA) is 118 Å². The summed E-state index contributed by atoms with van der Waals surface area (Å²) in [5.74, 6) is 0.342. The van der Waals surface area contributed by atoms with Crippen molar-refractivity contribution in [2.24, 2.45) is 0 Å². The minimum Gasteiger partial charge on any atom is -0.401 e. The lowest BCUT2D eigenvalue weighted by Crippen LogP contribution is -2.05. The van der Waals surface area contributed by atoms with Gasteiger partial charge in [-0.05, 0) is 82.2 Å². The van der Waals surface area contributed by atoms with Crippen LogP contribution in [0.1, 0.15) is 11.1 Å². The molecule has 10 heteroatoms. The number of para-hydroxylation sites is 2. The van der Waals surface area contributed by atoms with E-state index in [2.05, 4.69) is 37.5 Å². The van der Waals surface area contributed by atoms with Crippen LogP contribution in [0.5, 0.6) is 0 Å². The molecule has 0 saturated heterocycles. The highest BCUT2D eigenvalue weighted by molar-refractivity contribution is 14.1. The van der Waals surface area contributed by atoms with Gasteiger partial charge < -0.3 is 18.8 Å². The molecule has 0 bridgehead atoms. The minimum atomic E-state index is -0.508. The molecule has 0 spiro atoms. The zero-order chi connectivity index (χ0) is 29.2. The molecule has 0 aliphatic rings. The van der Waals surface area contributed by atoms with Crippen LogP contribution in [0.25, 0.3) is 66.8 Å². The Morgan fingerprint density at radius 2 is 1.16 bits per heavy atom. The number of hydrogen-bond acceptors (Lipinski definition) is 6. The number of aromatic amines is 2. The molecular formula is C33H18ClIN4O4. The molecule has 0 saturated carbocycles. The maximum Gasteiger partial charge on any atom is 0.347 e. The molecule has 8 rings (SSSR count). The Morgan fingerprint density at radius 1 is 0.651 bits per heavy atom. The molecule has 4 aromatic heterocycles. The third-order valence-corrected chi connectivity index (χ3v) is 8.50. The van der Waals surface area contributed by atoms with Crippen LogP contribution in [0.4, 0.5) is 0 Å². The Labute approximate surface area is 260 Å². The summed E-state index contributed by atoms with van der Waals surface area (Å²) in [4.78, 5) is 42.3. The second-order valence-corrected chi connectivity index (χ2v) is 11.8. The van der Waals surface area contributed by atoms with Crippen molar-refractivity contribution < 1.29 is 8.83 Å². The van der Waals surface area contributed by atoms with Crippen LogP contribution in [0.15, 0.2) is 103 Å². The average molecular weight is 697 g/mol. The molecule has 43 heavy (non-hydrogen) atoms. The Morgan fingerprint density at radius 3 is 1.74 bits per heavy atom. The number of hydrogen-bond donors (Lipinski definition) is 2. The monoisotopic (exact) mass is 696 g/mol. The molecule has 208 valence electrons. The van der Waals surface area contributed by atoms with Crippen molar-refractivity contribution in [3.63, 3.8) is 0 Å². The average Bonchev–Trinajstić information content (AvgIpc) is 3.55. The number of H-pyrrole nitrogens is 2. The number of benzene rings is 4. The summed E-state index contributed by atoms with van der Waals surface area (Å²) in [5.41, 5.74) is 4.63. The molecule has 4 heterocycles. The first-order valence-electron chi connectivity index (χ1n) is 13.3. The van der Waals surface area contributed by atoms with E-state index in [1.807, 2.05) is 60.7 Å². The summed E-state index contributed by atoms with van der Waals surface area (Å²) in [6.45, 7) is 0. The lowest BCUT2D eigenvalue weighted by Gasteiger charge is -2.08. The second kappa shape index (κ2) is 9.92. The largest absolute Gasteiger partial charge is 0.401 e. The summed E-state index contributed by atoms with van der Waals surface area (Å²) in [6, 6.07) is 26.0. The molecule has 0 radical (unpaired) electrons. The van der Waals surface area contributed by atoms with Crippen molar-refractivity contribution in [3.8, 4) is 23.2 Å². The molecule has 8 aromatic rings. The highest BCUT2D eigenvalue weighted by Crippen LogP contribution is 2.37. The third-order valence-electron chi connectivity index (χ3n) is 7.59. The predicted molar refractivity (Wildman–Crippen MR) is 176 cm³/mol. The van der Waals surface area contributed by atoms with E-state index in [1.54, 1.807) is 24.3 Å². The van der Waals surface area contributed by atoms with Crippen molar-refractivity contribution in [1.29, 1.82) is 0 Å². The lowest BCUT2D eigenvalue weighted by molar-refractivity contribution is 0.516. The maximum absolute atomic E-state index is 13.0. The second-order valence-electron chi connectivity index (χ2n) is 10.2. The molecule has 0 aliphatic heterocycles. The zero-order valence-corrected chi connectivity index (χ0v) is 25.0. The van der Waals surface area contributed by atoms with Crippen LogP contribution in [-0.4, -0.2) is 19.9 Å². The van der Waals surface area contributed by atoms with Crippen LogP contribution < -0.4 is 11.3 Å². The van der Waals surface area contributed by atoms with Crippen molar-refractivity contribution in [1.82, 2.24) is 19.9 Å². The number of rotatable bonds is 4. The van der Waals surface area contributed by atoms with Gasteiger partial charge in [-0.3, -0.25) is 0 Å². The summed E-state index contributed by atoms with van der Waals surface area (Å²) in [5, 5.41) is 3.11. The Kier molecular flexibility index (Phi) is 5.98. The fourth-order valence-electron chi connectivity index (χ4n) is 5.61. The van der Waals surface area contributed by atoms with Crippen LogP contribution in [0.2, 0.25) is 5.02 Å². The van der Waals surface area contributed by atoms with Crippen molar-refractivity contribution in [2.45, 2.75) is 6.42 Å². The first kappa shape index (κ1) is 25.9. The van der Waals surface area contributed by atoms with Crippen LogP contribution in [0.3, 0.4) is 0 Å². The quantitative estimate of drug-likeness (QED) is 0.181. The minimum absolute atomic E-state index is 0.150. The summed E-state index contributed by atoms with van der Waals surface area (Å²) in [7, 11) is 0. The van der Waals surface area contributed by atoms with Crippen LogP contribution in [-0.2, 0) is 6.42 Å². The van der Waals surface area contributed by atoms with Crippen molar-refractivity contribution >= 4 is 77.8 Å². The lowest BCUT2D eigenvalue weighted by atomic mass is 9.98. The van der Waals surface area contributed by atoms with Gasteiger partial charge in [0.25, 0.3) is 0 Å². The van der Waals surface area contributed by atoms with E-state index in [1.165, 1.54) is 0 Å². The van der Waals surface area contributed by atoms with Gasteiger partial charge in [0.05, 0.1) is 21.8 Å².